The van der Waals surface area contributed by atoms with Crippen molar-refractivity contribution in [2.24, 2.45) is 5.92 Å². The minimum absolute atomic E-state index is 0.0690. The summed E-state index contributed by atoms with van der Waals surface area (Å²) in [6, 6.07) is 20.2. The number of hydrogen-bond acceptors (Lipinski definition) is 3. The van der Waals surface area contributed by atoms with Gasteiger partial charge in [0.25, 0.3) is 0 Å². The van der Waals surface area contributed by atoms with Crippen LogP contribution >= 0.6 is 0 Å². The first-order chi connectivity index (χ1) is 10.7. The Balaban J connectivity index is 2.13. The predicted molar refractivity (Wildman–Crippen MR) is 88.3 cm³/mol. The normalized spacial score (nSPS) is 13.4. The summed E-state index contributed by atoms with van der Waals surface area (Å²) in [5.41, 5.74) is 2.29. The van der Waals surface area contributed by atoms with E-state index in [0.29, 0.717) is 13.2 Å². The molecule has 0 amide bonds. The lowest BCUT2D eigenvalue weighted by molar-refractivity contribution is -0.148. The first-order valence-corrected chi connectivity index (χ1v) is 7.71. The molecule has 0 saturated carbocycles. The van der Waals surface area contributed by atoms with Crippen molar-refractivity contribution >= 4 is 5.97 Å². The van der Waals surface area contributed by atoms with E-state index in [1.807, 2.05) is 62.4 Å². The van der Waals surface area contributed by atoms with Crippen LogP contribution in [0.3, 0.4) is 0 Å². The number of carbonyl (C=O) groups is 1. The molecule has 0 aliphatic rings. The third-order valence-electron chi connectivity index (χ3n) is 3.69. The number of esters is 1. The van der Waals surface area contributed by atoms with E-state index in [0.717, 1.165) is 5.56 Å². The number of nitrogens with one attached hydrogen (secondary N) is 1. The van der Waals surface area contributed by atoms with E-state index in [1.165, 1.54) is 5.56 Å². The Hall–Kier alpha value is -2.13. The van der Waals surface area contributed by atoms with Crippen LogP contribution in [0.4, 0.5) is 0 Å². The SMILES string of the molecule is CCOC(=O)[C@H](C)[C@@H](NCc1ccccc1)c1ccccc1. The van der Waals surface area contributed by atoms with E-state index in [9.17, 15) is 4.79 Å². The molecular formula is C19H23NO2. The zero-order valence-corrected chi connectivity index (χ0v) is 13.2. The Kier molecular flexibility index (Phi) is 6.16. The van der Waals surface area contributed by atoms with Gasteiger partial charge in [-0.3, -0.25) is 4.79 Å². The van der Waals surface area contributed by atoms with Gasteiger partial charge in [0.15, 0.2) is 0 Å². The van der Waals surface area contributed by atoms with Crippen LogP contribution in [0.1, 0.15) is 31.0 Å². The molecular weight excluding hydrogens is 274 g/mol. The summed E-state index contributed by atoms with van der Waals surface area (Å²) in [6.07, 6.45) is 0. The largest absolute Gasteiger partial charge is 0.466 e. The van der Waals surface area contributed by atoms with Crippen molar-refractivity contribution in [2.75, 3.05) is 6.61 Å². The molecule has 0 saturated heterocycles. The molecule has 116 valence electrons. The van der Waals surface area contributed by atoms with Gasteiger partial charge in [0.2, 0.25) is 0 Å². The summed E-state index contributed by atoms with van der Waals surface area (Å²) >= 11 is 0. The maximum absolute atomic E-state index is 12.1. The highest BCUT2D eigenvalue weighted by atomic mass is 16.5. The van der Waals surface area contributed by atoms with E-state index in [2.05, 4.69) is 17.4 Å². The number of hydrogen-bond donors (Lipinski definition) is 1. The van der Waals surface area contributed by atoms with Gasteiger partial charge in [-0.1, -0.05) is 67.6 Å². The Bertz CT molecular complexity index is 569. The van der Waals surface area contributed by atoms with Crippen molar-refractivity contribution in [1.29, 1.82) is 0 Å². The summed E-state index contributed by atoms with van der Waals surface area (Å²) in [5.74, 6) is -0.414. The predicted octanol–water partition coefficient (Wildman–Crippen LogP) is 3.72. The zero-order chi connectivity index (χ0) is 15.8. The first-order valence-electron chi connectivity index (χ1n) is 7.71. The minimum Gasteiger partial charge on any atom is -0.466 e. The molecule has 0 fully saturated rings. The Morgan fingerprint density at radius 1 is 1.05 bits per heavy atom. The molecule has 0 spiro atoms. The molecule has 3 nitrogen and oxygen atoms in total. The van der Waals surface area contributed by atoms with Crippen LogP contribution in [0.25, 0.3) is 0 Å². The van der Waals surface area contributed by atoms with Gasteiger partial charge in [-0.05, 0) is 18.1 Å². The highest BCUT2D eigenvalue weighted by Crippen LogP contribution is 2.23. The van der Waals surface area contributed by atoms with Crippen molar-refractivity contribution in [3.63, 3.8) is 0 Å². The van der Waals surface area contributed by atoms with Crippen molar-refractivity contribution in [2.45, 2.75) is 26.4 Å². The zero-order valence-electron chi connectivity index (χ0n) is 13.2. The summed E-state index contributed by atoms with van der Waals surface area (Å²) in [7, 11) is 0. The van der Waals surface area contributed by atoms with Crippen molar-refractivity contribution < 1.29 is 9.53 Å². The van der Waals surface area contributed by atoms with Crippen LogP contribution in [-0.4, -0.2) is 12.6 Å². The molecule has 0 radical (unpaired) electrons. The maximum atomic E-state index is 12.1. The van der Waals surface area contributed by atoms with E-state index in [1.54, 1.807) is 0 Å². The molecule has 0 aliphatic heterocycles. The molecule has 2 atom stereocenters. The molecule has 0 aromatic heterocycles. The van der Waals surface area contributed by atoms with Gasteiger partial charge in [-0.15, -0.1) is 0 Å². The molecule has 0 bridgehead atoms. The van der Waals surface area contributed by atoms with Crippen LogP contribution in [0, 0.1) is 5.92 Å². The summed E-state index contributed by atoms with van der Waals surface area (Å²) in [5, 5.41) is 3.49. The molecule has 0 aliphatic carbocycles. The van der Waals surface area contributed by atoms with Gasteiger partial charge in [0.1, 0.15) is 0 Å². The van der Waals surface area contributed by atoms with Crippen LogP contribution in [0.15, 0.2) is 60.7 Å². The van der Waals surface area contributed by atoms with Gasteiger partial charge in [-0.2, -0.15) is 0 Å². The van der Waals surface area contributed by atoms with E-state index >= 15 is 0 Å². The molecule has 2 rings (SSSR count). The Labute approximate surface area is 132 Å². The lowest BCUT2D eigenvalue weighted by Gasteiger charge is -2.24. The van der Waals surface area contributed by atoms with Gasteiger partial charge < -0.3 is 10.1 Å². The van der Waals surface area contributed by atoms with Gasteiger partial charge in [0, 0.05) is 12.6 Å². The molecule has 22 heavy (non-hydrogen) atoms. The Morgan fingerprint density at radius 3 is 2.23 bits per heavy atom. The van der Waals surface area contributed by atoms with Crippen LogP contribution < -0.4 is 5.32 Å². The fourth-order valence-corrected chi connectivity index (χ4v) is 2.48. The summed E-state index contributed by atoms with van der Waals surface area (Å²) < 4.78 is 5.18. The highest BCUT2D eigenvalue weighted by molar-refractivity contribution is 5.73. The Morgan fingerprint density at radius 2 is 1.64 bits per heavy atom. The third kappa shape index (κ3) is 4.43. The lowest BCUT2D eigenvalue weighted by atomic mass is 9.94. The molecule has 0 unspecified atom stereocenters. The second kappa shape index (κ2) is 8.35. The smallest absolute Gasteiger partial charge is 0.310 e. The van der Waals surface area contributed by atoms with E-state index in [-0.39, 0.29) is 17.9 Å². The quantitative estimate of drug-likeness (QED) is 0.792. The minimum atomic E-state index is -0.244. The fraction of sp³-hybridized carbons (Fsp3) is 0.316. The average molecular weight is 297 g/mol. The maximum Gasteiger partial charge on any atom is 0.310 e. The molecule has 0 heterocycles. The summed E-state index contributed by atoms with van der Waals surface area (Å²) in [6.45, 7) is 4.86. The molecule has 1 N–H and O–H groups in total. The lowest BCUT2D eigenvalue weighted by Crippen LogP contribution is -2.32. The van der Waals surface area contributed by atoms with Crippen LogP contribution in [0.2, 0.25) is 0 Å². The molecule has 2 aromatic carbocycles. The average Bonchev–Trinajstić information content (AvgIpc) is 2.57. The van der Waals surface area contributed by atoms with Crippen molar-refractivity contribution in [1.82, 2.24) is 5.32 Å². The molecule has 2 aromatic rings. The van der Waals surface area contributed by atoms with Gasteiger partial charge in [0.05, 0.1) is 12.5 Å². The summed E-state index contributed by atoms with van der Waals surface area (Å²) in [4.78, 5) is 12.1. The number of benzene rings is 2. The number of carbonyl (C=O) groups excluding carboxylic acids is 1. The first kappa shape index (κ1) is 16.2. The third-order valence-corrected chi connectivity index (χ3v) is 3.69. The van der Waals surface area contributed by atoms with E-state index < -0.39 is 0 Å². The van der Waals surface area contributed by atoms with Crippen molar-refractivity contribution in [3.8, 4) is 0 Å². The topological polar surface area (TPSA) is 38.3 Å². The van der Waals surface area contributed by atoms with Crippen molar-refractivity contribution in [3.05, 3.63) is 71.8 Å². The molecule has 3 heteroatoms. The number of ether oxygens (including phenoxy) is 1. The number of rotatable bonds is 7. The second-order valence-electron chi connectivity index (χ2n) is 5.30. The fourth-order valence-electron chi connectivity index (χ4n) is 2.48. The van der Waals surface area contributed by atoms with Crippen LogP contribution in [0.5, 0.6) is 0 Å². The van der Waals surface area contributed by atoms with E-state index in [4.69, 9.17) is 4.74 Å². The van der Waals surface area contributed by atoms with Gasteiger partial charge >= 0.3 is 5.97 Å². The van der Waals surface area contributed by atoms with Crippen LogP contribution in [-0.2, 0) is 16.1 Å². The van der Waals surface area contributed by atoms with Gasteiger partial charge in [-0.25, -0.2) is 0 Å². The highest BCUT2D eigenvalue weighted by Gasteiger charge is 2.26. The monoisotopic (exact) mass is 297 g/mol. The standard InChI is InChI=1S/C19H23NO2/c1-3-22-19(21)15(2)18(17-12-8-5-9-13-17)20-14-16-10-6-4-7-11-16/h4-13,15,18,20H,3,14H2,1-2H3/t15-,18-/m1/s1. The second-order valence-corrected chi connectivity index (χ2v) is 5.30.